The largest absolute Gasteiger partial charge is 1.00 e. The molecule has 9 heteroatoms. The van der Waals surface area contributed by atoms with Gasteiger partial charge >= 0.3 is 29.6 Å². The molecule has 0 radical (unpaired) electrons. The molecule has 1 atom stereocenters. The van der Waals surface area contributed by atoms with Crippen molar-refractivity contribution >= 4 is 33.3 Å². The maximum atomic E-state index is 12.7. The van der Waals surface area contributed by atoms with Crippen molar-refractivity contribution in [3.05, 3.63) is 72.8 Å². The van der Waals surface area contributed by atoms with Gasteiger partial charge in [-0.15, -0.1) is 0 Å². The Morgan fingerprint density at radius 2 is 1.46 bits per heavy atom. The molecule has 1 aliphatic heterocycles. The van der Waals surface area contributed by atoms with Crippen molar-refractivity contribution in [1.29, 1.82) is 0 Å². The third-order valence-electron chi connectivity index (χ3n) is 4.60. The van der Waals surface area contributed by atoms with Gasteiger partial charge in [-0.25, -0.2) is 18.4 Å². The van der Waals surface area contributed by atoms with Crippen LogP contribution < -0.4 is 34.5 Å². The van der Waals surface area contributed by atoms with Gasteiger partial charge in [-0.3, -0.25) is 0 Å². The van der Waals surface area contributed by atoms with E-state index >= 15 is 0 Å². The average Bonchev–Trinajstić information content (AvgIpc) is 2.68. The molecule has 1 unspecified atom stereocenters. The fraction of sp³-hybridized carbons (Fsp3) is 0.158. The van der Waals surface area contributed by atoms with Gasteiger partial charge in [0.1, 0.15) is 10.1 Å². The molecule has 0 bridgehead atoms. The number of fused-ring (bicyclic) bond motifs is 2. The standard InChI is InChI=1S/C19H17N3O3S2.Na/c1-2-19(27(23,24)25,18-20-12-7-13-21-18)22-14-8-3-5-10-16(14)26-17-11-6-4-9-15(17)22;/h3-13H,2H2,1H3,(H,23,24,25);/q;+1/p-1. The van der Waals surface area contributed by atoms with Crippen LogP contribution in [-0.4, -0.2) is 22.9 Å². The van der Waals surface area contributed by atoms with Crippen LogP contribution in [0.15, 0.2) is 76.8 Å². The van der Waals surface area contributed by atoms with Gasteiger partial charge in [0.2, 0.25) is 0 Å². The summed E-state index contributed by atoms with van der Waals surface area (Å²) in [6.45, 7) is 1.67. The Labute approximate surface area is 190 Å². The normalized spacial score (nSPS) is 15.0. The first-order valence-electron chi connectivity index (χ1n) is 8.38. The predicted molar refractivity (Wildman–Crippen MR) is 103 cm³/mol. The molecule has 6 nitrogen and oxygen atoms in total. The number of hydrogen-bond acceptors (Lipinski definition) is 7. The third-order valence-corrected chi connectivity index (χ3v) is 7.21. The molecule has 1 aliphatic rings. The Morgan fingerprint density at radius 3 is 1.93 bits per heavy atom. The molecular weight excluding hydrogens is 405 g/mol. The van der Waals surface area contributed by atoms with Crippen LogP contribution in [0.4, 0.5) is 11.4 Å². The van der Waals surface area contributed by atoms with E-state index in [1.807, 2.05) is 48.5 Å². The summed E-state index contributed by atoms with van der Waals surface area (Å²) >= 11 is 1.54. The second kappa shape index (κ2) is 8.14. The Kier molecular flexibility index (Phi) is 6.19. The van der Waals surface area contributed by atoms with Gasteiger partial charge in [0.15, 0.2) is 10.7 Å². The zero-order valence-corrected chi connectivity index (χ0v) is 19.1. The SMILES string of the molecule is CCC(c1ncccn1)(N1c2ccccc2Sc2ccccc21)S(=O)(=O)[O-].[Na+]. The van der Waals surface area contributed by atoms with Crippen LogP contribution in [0.1, 0.15) is 19.2 Å². The molecule has 0 spiro atoms. The van der Waals surface area contributed by atoms with Crippen molar-refractivity contribution in [3.8, 4) is 0 Å². The summed E-state index contributed by atoms with van der Waals surface area (Å²) in [5.41, 5.74) is 1.30. The molecule has 138 valence electrons. The molecule has 28 heavy (non-hydrogen) atoms. The number of hydrogen-bond donors (Lipinski definition) is 0. The van der Waals surface area contributed by atoms with Crippen molar-refractivity contribution in [2.75, 3.05) is 4.90 Å². The van der Waals surface area contributed by atoms with E-state index in [4.69, 9.17) is 0 Å². The Balaban J connectivity index is 0.00000225. The van der Waals surface area contributed by atoms with Gasteiger partial charge in [-0.2, -0.15) is 0 Å². The summed E-state index contributed by atoms with van der Waals surface area (Å²) in [7, 11) is -4.87. The predicted octanol–water partition coefficient (Wildman–Crippen LogP) is 0.892. The molecule has 0 amide bonds. The molecule has 2 heterocycles. The maximum absolute atomic E-state index is 12.7. The number of rotatable bonds is 4. The molecule has 1 aromatic heterocycles. The van der Waals surface area contributed by atoms with Gasteiger partial charge in [-0.05, 0) is 36.8 Å². The van der Waals surface area contributed by atoms with E-state index in [0.29, 0.717) is 11.4 Å². The van der Waals surface area contributed by atoms with Gasteiger partial charge in [0.25, 0.3) is 0 Å². The molecule has 0 saturated carbocycles. The average molecular weight is 421 g/mol. The molecule has 0 fully saturated rings. The number of benzene rings is 2. The minimum absolute atomic E-state index is 0. The van der Waals surface area contributed by atoms with E-state index in [2.05, 4.69) is 9.97 Å². The van der Waals surface area contributed by atoms with Gasteiger partial charge in [0, 0.05) is 22.2 Å². The Hall–Kier alpha value is -1.42. The van der Waals surface area contributed by atoms with Gasteiger partial charge in [-0.1, -0.05) is 43.0 Å². The molecule has 0 saturated heterocycles. The minimum atomic E-state index is -4.87. The summed E-state index contributed by atoms with van der Waals surface area (Å²) in [5.74, 6) is -0.0287. The Morgan fingerprint density at radius 1 is 0.964 bits per heavy atom. The van der Waals surface area contributed by atoms with E-state index in [-0.39, 0.29) is 41.8 Å². The summed E-state index contributed by atoms with van der Waals surface area (Å²) in [4.78, 5) is 9.71. The molecular formula is C19H16N3NaO3S2. The fourth-order valence-corrected chi connectivity index (χ4v) is 5.57. The molecule has 3 aromatic rings. The van der Waals surface area contributed by atoms with E-state index in [1.165, 1.54) is 24.2 Å². The molecule has 2 aromatic carbocycles. The van der Waals surface area contributed by atoms with Gasteiger partial charge < -0.3 is 9.45 Å². The summed E-state index contributed by atoms with van der Waals surface area (Å²) in [5, 5.41) is 0. The number of aromatic nitrogens is 2. The summed E-state index contributed by atoms with van der Waals surface area (Å²) in [6.07, 6.45) is 2.90. The monoisotopic (exact) mass is 421 g/mol. The van der Waals surface area contributed by atoms with E-state index in [1.54, 1.807) is 17.9 Å². The molecule has 0 N–H and O–H groups in total. The van der Waals surface area contributed by atoms with Crippen molar-refractivity contribution in [2.45, 2.75) is 28.0 Å². The number of nitrogens with zero attached hydrogens (tertiary/aromatic N) is 3. The third kappa shape index (κ3) is 3.28. The first-order chi connectivity index (χ1) is 13.0. The minimum Gasteiger partial charge on any atom is -0.746 e. The quantitative estimate of drug-likeness (QED) is 0.457. The fourth-order valence-electron chi connectivity index (χ4n) is 3.41. The van der Waals surface area contributed by atoms with Crippen LogP contribution in [0.3, 0.4) is 0 Å². The Bertz CT molecular complexity index is 1050. The van der Waals surface area contributed by atoms with Crippen LogP contribution in [0.5, 0.6) is 0 Å². The second-order valence-corrected chi connectivity index (χ2v) is 8.70. The van der Waals surface area contributed by atoms with Crippen LogP contribution in [0.2, 0.25) is 0 Å². The van der Waals surface area contributed by atoms with Crippen molar-refractivity contribution in [2.24, 2.45) is 0 Å². The van der Waals surface area contributed by atoms with Crippen LogP contribution in [0, 0.1) is 0 Å². The molecule has 4 rings (SSSR count). The zero-order valence-electron chi connectivity index (χ0n) is 15.4. The second-order valence-electron chi connectivity index (χ2n) is 6.04. The first-order valence-corrected chi connectivity index (χ1v) is 10.6. The van der Waals surface area contributed by atoms with Crippen LogP contribution in [-0.2, 0) is 15.0 Å². The number of anilines is 2. The maximum Gasteiger partial charge on any atom is 1.00 e. The topological polar surface area (TPSA) is 86.2 Å². The van der Waals surface area contributed by atoms with Gasteiger partial charge in [0.05, 0.1) is 11.4 Å². The first kappa shape index (κ1) is 21.3. The smallest absolute Gasteiger partial charge is 0.746 e. The van der Waals surface area contributed by atoms with Crippen LogP contribution >= 0.6 is 11.8 Å². The van der Waals surface area contributed by atoms with Crippen molar-refractivity contribution < 1.29 is 42.5 Å². The van der Waals surface area contributed by atoms with Crippen molar-refractivity contribution in [3.63, 3.8) is 0 Å². The summed E-state index contributed by atoms with van der Waals surface area (Å²) < 4.78 is 38.2. The number of para-hydroxylation sites is 2. The van der Waals surface area contributed by atoms with E-state index in [9.17, 15) is 13.0 Å². The molecule has 0 aliphatic carbocycles. The summed E-state index contributed by atoms with van der Waals surface area (Å²) in [6, 6.07) is 16.5. The van der Waals surface area contributed by atoms with Crippen LogP contribution in [0.25, 0.3) is 0 Å². The van der Waals surface area contributed by atoms with E-state index in [0.717, 1.165) is 9.79 Å². The zero-order chi connectivity index (χ0) is 19.1. The van der Waals surface area contributed by atoms with E-state index < -0.39 is 15.0 Å². The van der Waals surface area contributed by atoms with Crippen molar-refractivity contribution in [1.82, 2.24) is 9.97 Å².